The maximum atomic E-state index is 12.7. The quantitative estimate of drug-likeness (QED) is 0.0956. The van der Waals surface area contributed by atoms with Crippen molar-refractivity contribution in [1.82, 2.24) is 5.43 Å². The van der Waals surface area contributed by atoms with Crippen LogP contribution in [0.25, 0.3) is 6.08 Å². The first-order valence-electron chi connectivity index (χ1n) is 12.0. The Labute approximate surface area is 224 Å². The average molecular weight is 524 g/mol. The van der Waals surface area contributed by atoms with E-state index in [4.69, 9.17) is 13.9 Å². The van der Waals surface area contributed by atoms with Crippen LogP contribution < -0.4 is 20.2 Å². The summed E-state index contributed by atoms with van der Waals surface area (Å²) >= 11 is 0. The van der Waals surface area contributed by atoms with E-state index in [-0.39, 0.29) is 17.1 Å². The highest BCUT2D eigenvalue weighted by Crippen LogP contribution is 2.28. The fourth-order valence-electron chi connectivity index (χ4n) is 3.44. The van der Waals surface area contributed by atoms with Crippen LogP contribution in [0.5, 0.6) is 11.5 Å². The molecule has 2 N–H and O–H groups in total. The molecule has 0 radical (unpaired) electrons. The number of anilines is 1. The minimum atomic E-state index is -0.550. The van der Waals surface area contributed by atoms with Gasteiger partial charge in [-0.2, -0.15) is 5.10 Å². The Kier molecular flexibility index (Phi) is 9.01. The molecule has 0 aliphatic carbocycles. The Morgan fingerprint density at radius 2 is 1.67 bits per heavy atom. The smallest absolute Gasteiger partial charge is 0.336 e. The lowest BCUT2D eigenvalue weighted by atomic mass is 10.1. The predicted octanol–water partition coefficient (Wildman–Crippen LogP) is 5.31. The van der Waals surface area contributed by atoms with Gasteiger partial charge in [0.2, 0.25) is 0 Å². The summed E-state index contributed by atoms with van der Waals surface area (Å²) in [5, 5.41) is 6.67. The SMILES string of the molecule is CCOc1cc(/C=N\NC(=O)c2ccccc2NC(=O)c2ccco2)ccc1OC(=O)/C=C/c1ccccc1. The van der Waals surface area contributed by atoms with E-state index in [2.05, 4.69) is 15.8 Å². The number of furan rings is 1. The van der Waals surface area contributed by atoms with E-state index in [1.54, 1.807) is 54.6 Å². The summed E-state index contributed by atoms with van der Waals surface area (Å²) in [5.41, 5.74) is 4.43. The van der Waals surface area contributed by atoms with Gasteiger partial charge in [-0.05, 0) is 66.6 Å². The zero-order chi connectivity index (χ0) is 27.5. The highest BCUT2D eigenvalue weighted by atomic mass is 16.6. The van der Waals surface area contributed by atoms with Gasteiger partial charge < -0.3 is 19.2 Å². The summed E-state index contributed by atoms with van der Waals surface area (Å²) < 4.78 is 16.2. The minimum Gasteiger partial charge on any atom is -0.490 e. The molecule has 39 heavy (non-hydrogen) atoms. The van der Waals surface area contributed by atoms with Crippen LogP contribution >= 0.6 is 0 Å². The standard InChI is InChI=1S/C30H25N3O6/c1-2-37-27-19-22(14-16-25(27)39-28(34)17-15-21-9-4-3-5-10-21)20-31-33-29(35)23-11-6-7-12-24(23)32-30(36)26-13-8-18-38-26/h3-20H,2H2,1H3,(H,32,36)(H,33,35)/b17-15+,31-20-. The summed E-state index contributed by atoms with van der Waals surface area (Å²) in [4.78, 5) is 37.4. The summed E-state index contributed by atoms with van der Waals surface area (Å²) in [6.45, 7) is 2.16. The Balaban J connectivity index is 1.40. The molecule has 0 spiro atoms. The number of carbonyl (C=O) groups is 3. The van der Waals surface area contributed by atoms with Crippen LogP contribution in [-0.2, 0) is 4.79 Å². The van der Waals surface area contributed by atoms with Gasteiger partial charge in [-0.25, -0.2) is 10.2 Å². The van der Waals surface area contributed by atoms with E-state index < -0.39 is 17.8 Å². The number of esters is 1. The lowest BCUT2D eigenvalue weighted by Crippen LogP contribution is -2.21. The number of nitrogens with zero attached hydrogens (tertiary/aromatic N) is 1. The molecular weight excluding hydrogens is 498 g/mol. The monoisotopic (exact) mass is 523 g/mol. The molecule has 0 saturated heterocycles. The van der Waals surface area contributed by atoms with E-state index in [0.29, 0.717) is 23.6 Å². The Morgan fingerprint density at radius 3 is 2.44 bits per heavy atom. The third-order valence-corrected chi connectivity index (χ3v) is 5.23. The van der Waals surface area contributed by atoms with Crippen LogP contribution in [0.1, 0.15) is 39.0 Å². The van der Waals surface area contributed by atoms with Gasteiger partial charge >= 0.3 is 5.97 Å². The van der Waals surface area contributed by atoms with Crippen molar-refractivity contribution >= 4 is 35.8 Å². The Hall–Kier alpha value is -5.44. The highest BCUT2D eigenvalue weighted by molar-refractivity contribution is 6.08. The zero-order valence-electron chi connectivity index (χ0n) is 21.0. The molecule has 3 aromatic carbocycles. The first-order valence-corrected chi connectivity index (χ1v) is 12.0. The molecule has 0 saturated carbocycles. The fraction of sp³-hybridized carbons (Fsp3) is 0.0667. The highest BCUT2D eigenvalue weighted by Gasteiger charge is 2.15. The van der Waals surface area contributed by atoms with Gasteiger partial charge in [0.1, 0.15) is 0 Å². The molecule has 9 heteroatoms. The van der Waals surface area contributed by atoms with Crippen LogP contribution in [0.15, 0.2) is 107 Å². The number of hydrazone groups is 1. The van der Waals surface area contributed by atoms with Gasteiger partial charge in [0.25, 0.3) is 11.8 Å². The van der Waals surface area contributed by atoms with Crippen molar-refractivity contribution in [2.45, 2.75) is 6.92 Å². The normalized spacial score (nSPS) is 10.9. The summed E-state index contributed by atoms with van der Waals surface area (Å²) in [5.74, 6) is -0.839. The molecule has 196 valence electrons. The van der Waals surface area contributed by atoms with Gasteiger partial charge in [0.15, 0.2) is 17.3 Å². The van der Waals surface area contributed by atoms with Crippen LogP contribution in [0.4, 0.5) is 5.69 Å². The van der Waals surface area contributed by atoms with Crippen molar-refractivity contribution in [2.75, 3.05) is 11.9 Å². The van der Waals surface area contributed by atoms with Crippen molar-refractivity contribution in [3.63, 3.8) is 0 Å². The van der Waals surface area contributed by atoms with E-state index in [9.17, 15) is 14.4 Å². The second-order valence-corrected chi connectivity index (χ2v) is 7.98. The van der Waals surface area contributed by atoms with Crippen molar-refractivity contribution in [3.8, 4) is 11.5 Å². The molecule has 0 bridgehead atoms. The van der Waals surface area contributed by atoms with Crippen molar-refractivity contribution in [1.29, 1.82) is 0 Å². The van der Waals surface area contributed by atoms with Crippen LogP contribution in [-0.4, -0.2) is 30.6 Å². The number of carbonyl (C=O) groups excluding carboxylic acids is 3. The number of benzene rings is 3. The number of hydrogen-bond donors (Lipinski definition) is 2. The Bertz CT molecular complexity index is 1490. The topological polar surface area (TPSA) is 119 Å². The molecule has 0 aliphatic heterocycles. The van der Waals surface area contributed by atoms with Gasteiger partial charge in [-0.1, -0.05) is 42.5 Å². The number of para-hydroxylation sites is 1. The van der Waals surface area contributed by atoms with Gasteiger partial charge in [0.05, 0.1) is 30.3 Å². The van der Waals surface area contributed by atoms with E-state index >= 15 is 0 Å². The Morgan fingerprint density at radius 1 is 0.872 bits per heavy atom. The van der Waals surface area contributed by atoms with Crippen LogP contribution in [0.3, 0.4) is 0 Å². The summed E-state index contributed by atoms with van der Waals surface area (Å²) in [6.07, 6.45) is 5.81. The van der Waals surface area contributed by atoms with Crippen molar-refractivity contribution < 1.29 is 28.3 Å². The molecule has 0 fully saturated rings. The third-order valence-electron chi connectivity index (χ3n) is 5.23. The molecule has 4 rings (SSSR count). The third kappa shape index (κ3) is 7.53. The first-order chi connectivity index (χ1) is 19.0. The minimum absolute atomic E-state index is 0.120. The van der Waals surface area contributed by atoms with Crippen molar-refractivity contribution in [2.24, 2.45) is 5.10 Å². The maximum absolute atomic E-state index is 12.7. The number of rotatable bonds is 10. The molecule has 9 nitrogen and oxygen atoms in total. The molecule has 0 unspecified atom stereocenters. The maximum Gasteiger partial charge on any atom is 0.336 e. The molecule has 1 heterocycles. The fourth-order valence-corrected chi connectivity index (χ4v) is 3.44. The molecule has 0 aliphatic rings. The molecule has 1 aromatic heterocycles. The average Bonchev–Trinajstić information content (AvgIpc) is 3.50. The lowest BCUT2D eigenvalue weighted by molar-refractivity contribution is -0.129. The largest absolute Gasteiger partial charge is 0.490 e. The van der Waals surface area contributed by atoms with Gasteiger partial charge in [-0.15, -0.1) is 0 Å². The number of hydrogen-bond acceptors (Lipinski definition) is 7. The van der Waals surface area contributed by atoms with E-state index in [1.807, 2.05) is 37.3 Å². The van der Waals surface area contributed by atoms with E-state index in [1.165, 1.54) is 24.6 Å². The second kappa shape index (κ2) is 13.2. The zero-order valence-corrected chi connectivity index (χ0v) is 21.0. The summed E-state index contributed by atoms with van der Waals surface area (Å²) in [7, 11) is 0. The number of nitrogens with one attached hydrogen (secondary N) is 2. The number of ether oxygens (including phenoxy) is 2. The molecule has 0 atom stereocenters. The predicted molar refractivity (Wildman–Crippen MR) is 147 cm³/mol. The first kappa shape index (κ1) is 26.6. The number of amides is 2. The molecule has 2 amide bonds. The second-order valence-electron chi connectivity index (χ2n) is 7.98. The van der Waals surface area contributed by atoms with Crippen LogP contribution in [0, 0.1) is 0 Å². The van der Waals surface area contributed by atoms with Gasteiger partial charge in [0, 0.05) is 6.08 Å². The van der Waals surface area contributed by atoms with E-state index in [0.717, 1.165) is 5.56 Å². The molecular formula is C30H25N3O6. The lowest BCUT2D eigenvalue weighted by Gasteiger charge is -2.10. The summed E-state index contributed by atoms with van der Waals surface area (Å²) in [6, 6.07) is 23.9. The van der Waals surface area contributed by atoms with Crippen LogP contribution in [0.2, 0.25) is 0 Å². The molecule has 4 aromatic rings. The van der Waals surface area contributed by atoms with Gasteiger partial charge in [-0.3, -0.25) is 9.59 Å². The van der Waals surface area contributed by atoms with Crippen molar-refractivity contribution in [3.05, 3.63) is 120 Å².